The van der Waals surface area contributed by atoms with E-state index in [1.807, 2.05) is 36.4 Å². The van der Waals surface area contributed by atoms with Crippen LogP contribution in [0.1, 0.15) is 22.3 Å². The van der Waals surface area contributed by atoms with Gasteiger partial charge in [-0.25, -0.2) is 4.52 Å². The molecule has 0 bridgehead atoms. The van der Waals surface area contributed by atoms with Crippen molar-refractivity contribution in [3.8, 4) is 23.3 Å². The molecule has 140 valence electrons. The number of nitrogens with zero attached hydrogens (tertiary/aromatic N) is 5. The quantitative estimate of drug-likeness (QED) is 0.324. The van der Waals surface area contributed by atoms with Crippen LogP contribution in [0.4, 0.5) is 5.82 Å². The average Bonchev–Trinajstić information content (AvgIpc) is 3.26. The van der Waals surface area contributed by atoms with Crippen LogP contribution >= 0.6 is 22.6 Å². The number of hydrogen-bond acceptors (Lipinski definition) is 5. The van der Waals surface area contributed by atoms with Gasteiger partial charge in [-0.2, -0.15) is 15.6 Å². The molecule has 0 aliphatic carbocycles. The van der Waals surface area contributed by atoms with E-state index < -0.39 is 0 Å². The second-order valence-corrected chi connectivity index (χ2v) is 7.09. The molecule has 0 amide bonds. The van der Waals surface area contributed by atoms with Crippen LogP contribution in [-0.4, -0.2) is 14.6 Å². The van der Waals surface area contributed by atoms with Crippen LogP contribution in [0.2, 0.25) is 0 Å². The molecule has 3 aromatic heterocycles. The zero-order valence-electron chi connectivity index (χ0n) is 15.3. The first-order valence-electron chi connectivity index (χ1n) is 8.89. The lowest BCUT2D eigenvalue weighted by molar-refractivity contribution is 0.937. The molecule has 4 rings (SSSR count). The summed E-state index contributed by atoms with van der Waals surface area (Å²) in [5.41, 5.74) is 5.10. The maximum Gasteiger partial charge on any atom is 0.147 e. The first-order valence-corrected chi connectivity index (χ1v) is 10.4. The van der Waals surface area contributed by atoms with Gasteiger partial charge in [-0.05, 0) is 28.8 Å². The summed E-state index contributed by atoms with van der Waals surface area (Å²) in [5.74, 6) is 0.564. The van der Waals surface area contributed by atoms with Crippen LogP contribution in [-0.2, 0) is 11.0 Å². The molecule has 3 heterocycles. The monoisotopic (exact) mass is 490 g/mol. The molecule has 0 fully saturated rings. The molecule has 0 radical (unpaired) electrons. The number of halogens is 1. The van der Waals surface area contributed by atoms with Crippen molar-refractivity contribution in [2.24, 2.45) is 0 Å². The highest BCUT2D eigenvalue weighted by atomic mass is 127. The average molecular weight is 490 g/mol. The highest BCUT2D eigenvalue weighted by Crippen LogP contribution is 2.37. The van der Waals surface area contributed by atoms with E-state index >= 15 is 0 Å². The Bertz CT molecular complexity index is 1260. The number of alkyl halides is 1. The van der Waals surface area contributed by atoms with Crippen LogP contribution in [0.15, 0.2) is 61.1 Å². The van der Waals surface area contributed by atoms with E-state index in [1.54, 1.807) is 29.2 Å². The number of hydrogen-bond donors (Lipinski definition) is 1. The van der Waals surface area contributed by atoms with Crippen molar-refractivity contribution in [2.75, 3.05) is 5.32 Å². The summed E-state index contributed by atoms with van der Waals surface area (Å²) < 4.78 is 2.40. The van der Waals surface area contributed by atoms with E-state index in [0.717, 1.165) is 21.1 Å². The van der Waals surface area contributed by atoms with Crippen LogP contribution in [0.3, 0.4) is 0 Å². The molecule has 1 N–H and O–H groups in total. The van der Waals surface area contributed by atoms with Gasteiger partial charge in [0.05, 0.1) is 17.3 Å². The molecule has 0 spiro atoms. The third-order valence-corrected chi connectivity index (χ3v) is 5.51. The van der Waals surface area contributed by atoms with Gasteiger partial charge in [-0.1, -0.05) is 52.9 Å². The molecule has 4 aromatic rings. The van der Waals surface area contributed by atoms with Gasteiger partial charge >= 0.3 is 0 Å². The highest BCUT2D eigenvalue weighted by Gasteiger charge is 2.23. The fourth-order valence-electron chi connectivity index (χ4n) is 3.37. The summed E-state index contributed by atoms with van der Waals surface area (Å²) in [6, 6.07) is 18.1. The molecular weight excluding hydrogens is 475 g/mol. The zero-order valence-corrected chi connectivity index (χ0v) is 17.5. The summed E-state index contributed by atoms with van der Waals surface area (Å²) in [7, 11) is 0. The molecule has 6 nitrogen and oxygen atoms in total. The Labute approximate surface area is 181 Å². The van der Waals surface area contributed by atoms with Gasteiger partial charge in [-0.3, -0.25) is 4.98 Å². The molecule has 0 aliphatic heterocycles. The Morgan fingerprint density at radius 3 is 2.55 bits per heavy atom. The predicted octanol–water partition coefficient (Wildman–Crippen LogP) is 4.69. The lowest BCUT2D eigenvalue weighted by Crippen LogP contribution is -2.10. The van der Waals surface area contributed by atoms with Crippen LogP contribution in [0.25, 0.3) is 16.6 Å². The Morgan fingerprint density at radius 2 is 1.83 bits per heavy atom. The van der Waals surface area contributed by atoms with Gasteiger partial charge in [0.1, 0.15) is 23.5 Å². The molecule has 1 aromatic carbocycles. The zero-order chi connectivity index (χ0) is 20.2. The van der Waals surface area contributed by atoms with Crippen molar-refractivity contribution in [1.29, 1.82) is 10.5 Å². The van der Waals surface area contributed by atoms with E-state index in [-0.39, 0.29) is 0 Å². The summed E-state index contributed by atoms with van der Waals surface area (Å²) in [5, 5.41) is 27.7. The van der Waals surface area contributed by atoms with Crippen molar-refractivity contribution in [1.82, 2.24) is 14.6 Å². The summed E-state index contributed by atoms with van der Waals surface area (Å²) in [4.78, 5) is 4.14. The molecule has 29 heavy (non-hydrogen) atoms. The summed E-state index contributed by atoms with van der Waals surface area (Å²) in [6.07, 6.45) is 5.13. The van der Waals surface area contributed by atoms with Gasteiger partial charge in [0.2, 0.25) is 0 Å². The van der Waals surface area contributed by atoms with Crippen molar-refractivity contribution >= 4 is 33.9 Å². The standard InChI is InChI=1S/C22H15IN6/c23-10-16-5-1-2-6-17(16)21-18(11-24)20-7-9-28-29(20)22(19(21)12-25)27-14-15-4-3-8-26-13-15/h1-9,13,27H,10,14H2. The fraction of sp³-hybridized carbons (Fsp3) is 0.0909. The molecular formula is C22H15IN6. The minimum Gasteiger partial charge on any atom is -0.365 e. The Kier molecular flexibility index (Phi) is 5.41. The highest BCUT2D eigenvalue weighted by molar-refractivity contribution is 14.1. The number of nitrogens with one attached hydrogen (secondary N) is 1. The van der Waals surface area contributed by atoms with Gasteiger partial charge in [-0.15, -0.1) is 0 Å². The number of aromatic nitrogens is 3. The van der Waals surface area contributed by atoms with Crippen molar-refractivity contribution in [3.63, 3.8) is 0 Å². The van der Waals surface area contributed by atoms with Crippen molar-refractivity contribution < 1.29 is 0 Å². The molecule has 0 saturated carbocycles. The molecule has 0 atom stereocenters. The van der Waals surface area contributed by atoms with Crippen molar-refractivity contribution in [3.05, 3.63) is 83.3 Å². The molecule has 0 saturated heterocycles. The van der Waals surface area contributed by atoms with Crippen LogP contribution in [0, 0.1) is 22.7 Å². The van der Waals surface area contributed by atoms with Crippen molar-refractivity contribution in [2.45, 2.75) is 11.0 Å². The number of rotatable bonds is 5. The maximum absolute atomic E-state index is 10.1. The Hall–Kier alpha value is -3.43. The fourth-order valence-corrected chi connectivity index (χ4v) is 4.04. The minimum atomic E-state index is 0.402. The van der Waals surface area contributed by atoms with E-state index in [0.29, 0.717) is 34.6 Å². The predicted molar refractivity (Wildman–Crippen MR) is 119 cm³/mol. The summed E-state index contributed by atoms with van der Waals surface area (Å²) >= 11 is 2.30. The first kappa shape index (κ1) is 18.9. The smallest absolute Gasteiger partial charge is 0.147 e. The number of fused-ring (bicyclic) bond motifs is 1. The second kappa shape index (κ2) is 8.29. The van der Waals surface area contributed by atoms with Crippen LogP contribution in [0.5, 0.6) is 0 Å². The van der Waals surface area contributed by atoms with E-state index in [9.17, 15) is 10.5 Å². The van der Waals surface area contributed by atoms with Gasteiger partial charge in [0.25, 0.3) is 0 Å². The summed E-state index contributed by atoms with van der Waals surface area (Å²) in [6.45, 7) is 0.483. The SMILES string of the molecule is N#Cc1c(-c2ccccc2CI)c(C#N)c2ccnn2c1NCc1cccnc1. The van der Waals surface area contributed by atoms with Gasteiger partial charge in [0.15, 0.2) is 0 Å². The lowest BCUT2D eigenvalue weighted by atomic mass is 9.92. The number of benzene rings is 1. The third-order valence-electron chi connectivity index (χ3n) is 4.68. The maximum atomic E-state index is 10.1. The van der Waals surface area contributed by atoms with E-state index in [1.165, 1.54) is 0 Å². The number of anilines is 1. The topological polar surface area (TPSA) is 89.8 Å². The van der Waals surface area contributed by atoms with E-state index in [2.05, 4.69) is 50.1 Å². The number of pyridine rings is 2. The second-order valence-electron chi connectivity index (χ2n) is 6.33. The van der Waals surface area contributed by atoms with Crippen LogP contribution < -0.4 is 5.32 Å². The first-order chi connectivity index (χ1) is 14.3. The van der Waals surface area contributed by atoms with Gasteiger partial charge in [0, 0.05) is 28.9 Å². The molecule has 0 unspecified atom stereocenters. The lowest BCUT2D eigenvalue weighted by Gasteiger charge is -2.17. The number of nitriles is 2. The molecule has 7 heteroatoms. The largest absolute Gasteiger partial charge is 0.365 e. The van der Waals surface area contributed by atoms with E-state index in [4.69, 9.17) is 0 Å². The normalized spacial score (nSPS) is 10.4. The van der Waals surface area contributed by atoms with Gasteiger partial charge < -0.3 is 5.32 Å². The molecule has 0 aliphatic rings. The third kappa shape index (κ3) is 3.41. The Morgan fingerprint density at radius 1 is 1.00 bits per heavy atom. The minimum absolute atomic E-state index is 0.402. The Balaban J connectivity index is 1.98.